The smallest absolute Gasteiger partial charge is 0.256 e. The zero-order valence-corrected chi connectivity index (χ0v) is 12.8. The maximum absolute atomic E-state index is 12.3. The van der Waals surface area contributed by atoms with Crippen molar-refractivity contribution in [1.82, 2.24) is 0 Å². The third-order valence-electron chi connectivity index (χ3n) is 2.87. The van der Waals surface area contributed by atoms with Crippen molar-refractivity contribution in [1.29, 1.82) is 0 Å². The molecule has 6 heteroatoms. The Bertz CT molecular complexity index is 663. The number of amides is 1. The van der Waals surface area contributed by atoms with Gasteiger partial charge in [-0.25, -0.2) is 0 Å². The van der Waals surface area contributed by atoms with Gasteiger partial charge in [0.05, 0.1) is 15.7 Å². The molecule has 0 bridgehead atoms. The van der Waals surface area contributed by atoms with Crippen molar-refractivity contribution in [3.63, 3.8) is 0 Å². The molecule has 0 aliphatic rings. The van der Waals surface area contributed by atoms with Gasteiger partial charge in [0, 0.05) is 16.3 Å². The molecule has 0 aliphatic carbocycles. The van der Waals surface area contributed by atoms with E-state index in [2.05, 4.69) is 5.32 Å². The summed E-state index contributed by atoms with van der Waals surface area (Å²) in [6.07, 6.45) is 0. The summed E-state index contributed by atoms with van der Waals surface area (Å²) in [5, 5.41) is 3.62. The van der Waals surface area contributed by atoms with Gasteiger partial charge in [0.2, 0.25) is 0 Å². The monoisotopic (exact) mass is 328 g/mol. The lowest BCUT2D eigenvalue weighted by molar-refractivity contribution is 0.102. The first-order valence-electron chi connectivity index (χ1n) is 5.71. The standard InChI is InChI=1S/C14H11Cl3N2O/c1-7-9(3-2-4-12(7)18)14(20)19-13-10(16)5-8(15)6-11(13)17/h2-6H,18H2,1H3,(H,19,20). The number of carbonyl (C=O) groups excluding carboxylic acids is 1. The van der Waals surface area contributed by atoms with Crippen LogP contribution in [0.25, 0.3) is 0 Å². The molecule has 0 spiro atoms. The van der Waals surface area contributed by atoms with E-state index in [0.29, 0.717) is 27.5 Å². The van der Waals surface area contributed by atoms with Crippen molar-refractivity contribution < 1.29 is 4.79 Å². The van der Waals surface area contributed by atoms with Gasteiger partial charge in [0.15, 0.2) is 0 Å². The minimum atomic E-state index is -0.332. The predicted octanol–water partition coefficient (Wildman–Crippen LogP) is 4.79. The van der Waals surface area contributed by atoms with Crippen LogP contribution in [-0.4, -0.2) is 5.91 Å². The maximum Gasteiger partial charge on any atom is 0.256 e. The minimum absolute atomic E-state index is 0.275. The lowest BCUT2D eigenvalue weighted by atomic mass is 10.1. The number of nitrogens with two attached hydrogens (primary N) is 1. The predicted molar refractivity (Wildman–Crippen MR) is 85.0 cm³/mol. The average molecular weight is 330 g/mol. The third kappa shape index (κ3) is 3.01. The van der Waals surface area contributed by atoms with Gasteiger partial charge in [-0.1, -0.05) is 40.9 Å². The first kappa shape index (κ1) is 15.0. The molecule has 0 heterocycles. The highest BCUT2D eigenvalue weighted by Crippen LogP contribution is 2.34. The van der Waals surface area contributed by atoms with Crippen molar-refractivity contribution >= 4 is 52.1 Å². The van der Waals surface area contributed by atoms with Gasteiger partial charge < -0.3 is 11.1 Å². The number of nitrogens with one attached hydrogen (secondary N) is 1. The Labute approximate surface area is 131 Å². The van der Waals surface area contributed by atoms with E-state index in [0.717, 1.165) is 0 Å². The van der Waals surface area contributed by atoms with Gasteiger partial charge in [-0.3, -0.25) is 4.79 Å². The van der Waals surface area contributed by atoms with Crippen molar-refractivity contribution in [3.8, 4) is 0 Å². The summed E-state index contributed by atoms with van der Waals surface area (Å²) >= 11 is 17.9. The number of carbonyl (C=O) groups is 1. The Morgan fingerprint density at radius 3 is 2.35 bits per heavy atom. The molecule has 2 aromatic rings. The van der Waals surface area contributed by atoms with Crippen LogP contribution in [0.2, 0.25) is 15.1 Å². The normalized spacial score (nSPS) is 10.4. The molecule has 3 nitrogen and oxygen atoms in total. The number of hydrogen-bond donors (Lipinski definition) is 2. The van der Waals surface area contributed by atoms with Crippen LogP contribution in [0, 0.1) is 6.92 Å². The Hall–Kier alpha value is -1.42. The van der Waals surface area contributed by atoms with E-state index in [1.165, 1.54) is 12.1 Å². The lowest BCUT2D eigenvalue weighted by Crippen LogP contribution is -2.14. The molecule has 20 heavy (non-hydrogen) atoms. The van der Waals surface area contributed by atoms with Crippen molar-refractivity contribution in [3.05, 3.63) is 56.5 Å². The fraction of sp³-hybridized carbons (Fsp3) is 0.0714. The summed E-state index contributed by atoms with van der Waals surface area (Å²) in [7, 11) is 0. The first-order valence-corrected chi connectivity index (χ1v) is 6.84. The Kier molecular flexibility index (Phi) is 4.43. The number of benzene rings is 2. The lowest BCUT2D eigenvalue weighted by Gasteiger charge is -2.12. The molecular formula is C14H11Cl3N2O. The third-order valence-corrected chi connectivity index (χ3v) is 3.68. The first-order chi connectivity index (χ1) is 9.40. The van der Waals surface area contributed by atoms with E-state index >= 15 is 0 Å². The number of rotatable bonds is 2. The van der Waals surface area contributed by atoms with Gasteiger partial charge in [-0.05, 0) is 36.8 Å². The van der Waals surface area contributed by atoms with E-state index in [-0.39, 0.29) is 16.0 Å². The number of halogens is 3. The number of nitrogen functional groups attached to an aromatic ring is 1. The highest BCUT2D eigenvalue weighted by atomic mass is 35.5. The van der Waals surface area contributed by atoms with Crippen LogP contribution < -0.4 is 11.1 Å². The van der Waals surface area contributed by atoms with Crippen LogP contribution in [0.3, 0.4) is 0 Å². The summed E-state index contributed by atoms with van der Waals surface area (Å²) in [6, 6.07) is 8.14. The molecule has 2 rings (SSSR count). The van der Waals surface area contributed by atoms with Crippen LogP contribution in [0.15, 0.2) is 30.3 Å². The highest BCUT2D eigenvalue weighted by molar-refractivity contribution is 6.42. The topological polar surface area (TPSA) is 55.1 Å². The van der Waals surface area contributed by atoms with Crippen LogP contribution in [0.1, 0.15) is 15.9 Å². The maximum atomic E-state index is 12.3. The molecule has 0 saturated carbocycles. The van der Waals surface area contributed by atoms with E-state index in [9.17, 15) is 4.79 Å². The van der Waals surface area contributed by atoms with Crippen LogP contribution >= 0.6 is 34.8 Å². The second kappa shape index (κ2) is 5.92. The fourth-order valence-corrected chi connectivity index (χ4v) is 2.65. The molecule has 104 valence electrons. The second-order valence-corrected chi connectivity index (χ2v) is 5.47. The van der Waals surface area contributed by atoms with Crippen LogP contribution in [0.4, 0.5) is 11.4 Å². The number of hydrogen-bond acceptors (Lipinski definition) is 2. The summed E-state index contributed by atoms with van der Waals surface area (Å²) in [5.74, 6) is -0.332. The van der Waals surface area contributed by atoms with E-state index in [4.69, 9.17) is 40.5 Å². The Morgan fingerprint density at radius 1 is 1.15 bits per heavy atom. The molecule has 0 fully saturated rings. The van der Waals surface area contributed by atoms with Crippen molar-refractivity contribution in [2.45, 2.75) is 6.92 Å². The van der Waals surface area contributed by atoms with E-state index in [1.54, 1.807) is 25.1 Å². The highest BCUT2D eigenvalue weighted by Gasteiger charge is 2.15. The Balaban J connectivity index is 2.36. The van der Waals surface area contributed by atoms with Gasteiger partial charge in [-0.15, -0.1) is 0 Å². The Morgan fingerprint density at radius 2 is 1.75 bits per heavy atom. The molecule has 2 aromatic carbocycles. The quantitative estimate of drug-likeness (QED) is 0.778. The summed E-state index contributed by atoms with van der Waals surface area (Å²) in [4.78, 5) is 12.3. The largest absolute Gasteiger partial charge is 0.398 e. The minimum Gasteiger partial charge on any atom is -0.398 e. The molecule has 0 aliphatic heterocycles. The SMILES string of the molecule is Cc1c(N)cccc1C(=O)Nc1c(Cl)cc(Cl)cc1Cl. The molecular weight excluding hydrogens is 319 g/mol. The van der Waals surface area contributed by atoms with Gasteiger partial charge in [0.1, 0.15) is 0 Å². The number of anilines is 2. The van der Waals surface area contributed by atoms with Gasteiger partial charge in [-0.2, -0.15) is 0 Å². The molecule has 1 amide bonds. The summed E-state index contributed by atoms with van der Waals surface area (Å²) in [6.45, 7) is 1.77. The van der Waals surface area contributed by atoms with Crippen LogP contribution in [-0.2, 0) is 0 Å². The molecule has 0 atom stereocenters. The fourth-order valence-electron chi connectivity index (χ4n) is 1.74. The van der Waals surface area contributed by atoms with Gasteiger partial charge >= 0.3 is 0 Å². The molecule has 0 aromatic heterocycles. The van der Waals surface area contributed by atoms with E-state index in [1.807, 2.05) is 0 Å². The second-order valence-electron chi connectivity index (χ2n) is 4.22. The van der Waals surface area contributed by atoms with Crippen LogP contribution in [0.5, 0.6) is 0 Å². The van der Waals surface area contributed by atoms with Crippen molar-refractivity contribution in [2.75, 3.05) is 11.1 Å². The zero-order chi connectivity index (χ0) is 14.9. The zero-order valence-electron chi connectivity index (χ0n) is 10.5. The molecule has 0 radical (unpaired) electrons. The van der Waals surface area contributed by atoms with E-state index < -0.39 is 0 Å². The molecule has 0 saturated heterocycles. The summed E-state index contributed by atoms with van der Waals surface area (Å²) < 4.78 is 0. The molecule has 3 N–H and O–H groups in total. The molecule has 0 unspecified atom stereocenters. The summed E-state index contributed by atoms with van der Waals surface area (Å²) in [5.41, 5.74) is 7.82. The average Bonchev–Trinajstić information content (AvgIpc) is 2.36. The van der Waals surface area contributed by atoms with Crippen molar-refractivity contribution in [2.24, 2.45) is 0 Å². The van der Waals surface area contributed by atoms with Gasteiger partial charge in [0.25, 0.3) is 5.91 Å².